The predicted molar refractivity (Wildman–Crippen MR) is 74.2 cm³/mol. The van der Waals surface area contributed by atoms with E-state index in [2.05, 4.69) is 5.92 Å². The Bertz CT molecular complexity index is 467. The summed E-state index contributed by atoms with van der Waals surface area (Å²) >= 11 is 0. The lowest BCUT2D eigenvalue weighted by molar-refractivity contribution is 0.112. The maximum Gasteiger partial charge on any atom is 0.150 e. The van der Waals surface area contributed by atoms with Crippen LogP contribution in [0.1, 0.15) is 46.8 Å². The monoisotopic (exact) mass is 244 g/mol. The van der Waals surface area contributed by atoms with Crippen molar-refractivity contribution in [2.75, 3.05) is 6.61 Å². The van der Waals surface area contributed by atoms with Gasteiger partial charge in [0.1, 0.15) is 12.0 Å². The Morgan fingerprint density at radius 3 is 2.72 bits per heavy atom. The Morgan fingerprint density at radius 2 is 2.17 bits per heavy atom. The molecule has 18 heavy (non-hydrogen) atoms. The lowest BCUT2D eigenvalue weighted by Crippen LogP contribution is -2.05. The van der Waals surface area contributed by atoms with E-state index in [0.717, 1.165) is 53.6 Å². The third-order valence-corrected chi connectivity index (χ3v) is 3.06. The molecule has 1 aromatic carbocycles. The van der Waals surface area contributed by atoms with E-state index in [4.69, 9.17) is 11.2 Å². The van der Waals surface area contributed by atoms with E-state index in [-0.39, 0.29) is 0 Å². The first kappa shape index (κ1) is 14.3. The summed E-state index contributed by atoms with van der Waals surface area (Å²) < 4.78 is 5.80. The summed E-state index contributed by atoms with van der Waals surface area (Å²) in [6, 6.07) is 1.90. The number of hydrogen-bond donors (Lipinski definition) is 0. The van der Waals surface area contributed by atoms with Crippen LogP contribution in [0.4, 0.5) is 0 Å². The van der Waals surface area contributed by atoms with Crippen molar-refractivity contribution in [1.29, 1.82) is 0 Å². The highest BCUT2D eigenvalue weighted by Gasteiger charge is 2.12. The number of aryl methyl sites for hydroxylation is 1. The van der Waals surface area contributed by atoms with Crippen molar-refractivity contribution in [3.05, 3.63) is 28.3 Å². The summed E-state index contributed by atoms with van der Waals surface area (Å²) in [5.41, 5.74) is 3.92. The number of aldehydes is 1. The normalized spacial score (nSPS) is 9.89. The molecule has 0 fully saturated rings. The highest BCUT2D eigenvalue weighted by molar-refractivity contribution is 5.79. The van der Waals surface area contributed by atoms with Crippen molar-refractivity contribution < 1.29 is 9.53 Å². The number of carbonyl (C=O) groups excluding carboxylic acids is 1. The number of ether oxygens (including phenoxy) is 1. The molecule has 0 unspecified atom stereocenters. The van der Waals surface area contributed by atoms with Crippen LogP contribution < -0.4 is 4.74 Å². The molecule has 0 bridgehead atoms. The van der Waals surface area contributed by atoms with E-state index in [1.807, 2.05) is 26.8 Å². The number of rotatable bonds is 6. The van der Waals surface area contributed by atoms with E-state index < -0.39 is 0 Å². The van der Waals surface area contributed by atoms with E-state index in [0.29, 0.717) is 6.61 Å². The van der Waals surface area contributed by atoms with Gasteiger partial charge in [-0.1, -0.05) is 6.92 Å². The third kappa shape index (κ3) is 3.13. The average molecular weight is 244 g/mol. The first-order valence-electron chi connectivity index (χ1n) is 6.30. The van der Waals surface area contributed by atoms with Gasteiger partial charge in [-0.25, -0.2) is 0 Å². The largest absolute Gasteiger partial charge is 0.493 e. The highest BCUT2D eigenvalue weighted by atomic mass is 16.5. The summed E-state index contributed by atoms with van der Waals surface area (Å²) in [6.07, 6.45) is 8.54. The van der Waals surface area contributed by atoms with Gasteiger partial charge in [0.25, 0.3) is 0 Å². The molecule has 1 aromatic rings. The minimum Gasteiger partial charge on any atom is -0.493 e. The van der Waals surface area contributed by atoms with Gasteiger partial charge in [0.15, 0.2) is 0 Å². The second kappa shape index (κ2) is 6.86. The molecule has 0 heterocycles. The molecule has 0 N–H and O–H groups in total. The lowest BCUT2D eigenvalue weighted by Gasteiger charge is -2.16. The van der Waals surface area contributed by atoms with Crippen LogP contribution in [0.2, 0.25) is 0 Å². The first-order chi connectivity index (χ1) is 8.65. The smallest absolute Gasteiger partial charge is 0.150 e. The zero-order chi connectivity index (χ0) is 13.5. The Hall–Kier alpha value is -1.75. The third-order valence-electron chi connectivity index (χ3n) is 3.06. The van der Waals surface area contributed by atoms with E-state index >= 15 is 0 Å². The minimum absolute atomic E-state index is 0.621. The van der Waals surface area contributed by atoms with Gasteiger partial charge in [0.05, 0.1) is 6.61 Å². The van der Waals surface area contributed by atoms with Gasteiger partial charge in [-0.15, -0.1) is 12.3 Å². The van der Waals surface area contributed by atoms with Gasteiger partial charge in [0, 0.05) is 12.0 Å². The average Bonchev–Trinajstić information content (AvgIpc) is 2.37. The molecule has 0 radical (unpaired) electrons. The molecule has 1 rings (SSSR count). The Labute approximate surface area is 109 Å². The van der Waals surface area contributed by atoms with Crippen molar-refractivity contribution in [2.24, 2.45) is 0 Å². The molecule has 0 aliphatic carbocycles. The van der Waals surface area contributed by atoms with Crippen molar-refractivity contribution in [3.8, 4) is 18.1 Å². The topological polar surface area (TPSA) is 26.3 Å². The van der Waals surface area contributed by atoms with Gasteiger partial charge in [-0.2, -0.15) is 0 Å². The maximum absolute atomic E-state index is 11.0. The molecule has 96 valence electrons. The summed E-state index contributed by atoms with van der Waals surface area (Å²) in [5.74, 6) is 3.50. The van der Waals surface area contributed by atoms with Crippen LogP contribution in [0.15, 0.2) is 6.07 Å². The predicted octanol–water partition coefficient (Wildman–Crippen LogP) is 3.47. The second-order valence-electron chi connectivity index (χ2n) is 4.34. The quantitative estimate of drug-likeness (QED) is 0.435. The Balaban J connectivity index is 2.98. The maximum atomic E-state index is 11.0. The van der Waals surface area contributed by atoms with Crippen molar-refractivity contribution in [2.45, 2.75) is 40.0 Å². The zero-order valence-electron chi connectivity index (χ0n) is 11.4. The van der Waals surface area contributed by atoms with Crippen molar-refractivity contribution in [1.82, 2.24) is 0 Å². The SMILES string of the molecule is C#CCCCOc1c(C)cc(C=O)c(CC)c1C. The first-order valence-corrected chi connectivity index (χ1v) is 6.30. The number of carbonyl (C=O) groups is 1. The summed E-state index contributed by atoms with van der Waals surface area (Å²) in [4.78, 5) is 11.0. The number of hydrogen-bond acceptors (Lipinski definition) is 2. The van der Waals surface area contributed by atoms with Gasteiger partial charge in [-0.05, 0) is 49.4 Å². The summed E-state index contributed by atoms with van der Waals surface area (Å²) in [7, 11) is 0. The van der Waals surface area contributed by atoms with Crippen LogP contribution in [0.3, 0.4) is 0 Å². The Kier molecular flexibility index (Phi) is 5.45. The van der Waals surface area contributed by atoms with Gasteiger partial charge >= 0.3 is 0 Å². The van der Waals surface area contributed by atoms with E-state index in [9.17, 15) is 4.79 Å². The van der Waals surface area contributed by atoms with Crippen LogP contribution in [0.5, 0.6) is 5.75 Å². The molecule has 0 amide bonds. The number of unbranched alkanes of at least 4 members (excludes halogenated alkanes) is 1. The fraction of sp³-hybridized carbons (Fsp3) is 0.438. The minimum atomic E-state index is 0.621. The molecular formula is C16H20O2. The standard InChI is InChI=1S/C16H20O2/c1-5-7-8-9-18-16-12(3)10-14(11-17)15(6-2)13(16)4/h1,10-11H,6-9H2,2-4H3. The molecule has 0 aliphatic rings. The van der Waals surface area contributed by atoms with Crippen LogP contribution >= 0.6 is 0 Å². The van der Waals surface area contributed by atoms with Crippen LogP contribution in [0.25, 0.3) is 0 Å². The molecular weight excluding hydrogens is 224 g/mol. The van der Waals surface area contributed by atoms with Crippen LogP contribution in [0, 0.1) is 26.2 Å². The van der Waals surface area contributed by atoms with Crippen LogP contribution in [-0.4, -0.2) is 12.9 Å². The Morgan fingerprint density at radius 1 is 1.44 bits per heavy atom. The van der Waals surface area contributed by atoms with Crippen molar-refractivity contribution >= 4 is 6.29 Å². The molecule has 2 nitrogen and oxygen atoms in total. The summed E-state index contributed by atoms with van der Waals surface area (Å²) in [5, 5.41) is 0. The van der Waals surface area contributed by atoms with Gasteiger partial charge < -0.3 is 4.74 Å². The molecule has 0 aliphatic heterocycles. The number of terminal acetylenes is 1. The lowest BCUT2D eigenvalue weighted by atomic mass is 9.96. The second-order valence-corrected chi connectivity index (χ2v) is 4.34. The van der Waals surface area contributed by atoms with E-state index in [1.165, 1.54) is 0 Å². The highest BCUT2D eigenvalue weighted by Crippen LogP contribution is 2.29. The fourth-order valence-electron chi connectivity index (χ4n) is 2.18. The molecule has 0 saturated heterocycles. The molecule has 0 spiro atoms. The van der Waals surface area contributed by atoms with E-state index in [1.54, 1.807) is 0 Å². The van der Waals surface area contributed by atoms with Gasteiger partial charge in [-0.3, -0.25) is 4.79 Å². The summed E-state index contributed by atoms with van der Waals surface area (Å²) in [6.45, 7) is 6.65. The molecule has 0 atom stereocenters. The fourth-order valence-corrected chi connectivity index (χ4v) is 2.18. The van der Waals surface area contributed by atoms with Gasteiger partial charge in [0.2, 0.25) is 0 Å². The zero-order valence-corrected chi connectivity index (χ0v) is 11.4. The molecule has 0 aromatic heterocycles. The van der Waals surface area contributed by atoms with Crippen molar-refractivity contribution in [3.63, 3.8) is 0 Å². The number of benzene rings is 1. The molecule has 0 saturated carbocycles. The van der Waals surface area contributed by atoms with Crippen LogP contribution in [-0.2, 0) is 6.42 Å². The molecule has 2 heteroatoms.